The Hall–Kier alpha value is -0.730. The van der Waals surface area contributed by atoms with E-state index in [2.05, 4.69) is 11.4 Å². The molecule has 0 fully saturated rings. The summed E-state index contributed by atoms with van der Waals surface area (Å²) in [7, 11) is 1.63. The standard InChI is InChI=1S/C10H19F2N3/c1-8(2)14-9(6-13)4-5-15(3)7-10(11)12/h8-10,14H,4-5,7H2,1-3H3. The quantitative estimate of drug-likeness (QED) is 0.704. The number of rotatable bonds is 7. The third-order valence-electron chi connectivity index (χ3n) is 1.94. The molecule has 0 amide bonds. The van der Waals surface area contributed by atoms with Crippen molar-refractivity contribution in [1.82, 2.24) is 10.2 Å². The summed E-state index contributed by atoms with van der Waals surface area (Å²) in [5.41, 5.74) is 0. The summed E-state index contributed by atoms with van der Waals surface area (Å²) in [4.78, 5) is 1.54. The first-order valence-corrected chi connectivity index (χ1v) is 5.08. The van der Waals surface area contributed by atoms with Crippen LogP contribution in [-0.4, -0.2) is 43.5 Å². The lowest BCUT2D eigenvalue weighted by Crippen LogP contribution is -2.37. The zero-order valence-corrected chi connectivity index (χ0v) is 9.50. The van der Waals surface area contributed by atoms with Gasteiger partial charge in [0.25, 0.3) is 6.43 Å². The second kappa shape index (κ2) is 7.55. The number of hydrogen-bond acceptors (Lipinski definition) is 3. The highest BCUT2D eigenvalue weighted by atomic mass is 19.3. The predicted molar refractivity (Wildman–Crippen MR) is 55.8 cm³/mol. The minimum Gasteiger partial charge on any atom is -0.301 e. The summed E-state index contributed by atoms with van der Waals surface area (Å²) < 4.78 is 24.0. The number of halogens is 2. The Labute approximate surface area is 90.1 Å². The van der Waals surface area contributed by atoms with Gasteiger partial charge in [-0.25, -0.2) is 8.78 Å². The first-order chi connectivity index (χ1) is 6.95. The van der Waals surface area contributed by atoms with Gasteiger partial charge in [-0.3, -0.25) is 5.32 Å². The van der Waals surface area contributed by atoms with Crippen LogP contribution in [0.3, 0.4) is 0 Å². The van der Waals surface area contributed by atoms with Crippen molar-refractivity contribution >= 4 is 0 Å². The van der Waals surface area contributed by atoms with Crippen LogP contribution in [0.1, 0.15) is 20.3 Å². The number of nitrogens with one attached hydrogen (secondary N) is 1. The fourth-order valence-corrected chi connectivity index (χ4v) is 1.26. The zero-order chi connectivity index (χ0) is 11.8. The highest BCUT2D eigenvalue weighted by Gasteiger charge is 2.12. The third-order valence-corrected chi connectivity index (χ3v) is 1.94. The second-order valence-electron chi connectivity index (χ2n) is 3.95. The lowest BCUT2D eigenvalue weighted by molar-refractivity contribution is 0.0990. The van der Waals surface area contributed by atoms with Crippen LogP contribution in [0, 0.1) is 11.3 Å². The largest absolute Gasteiger partial charge is 0.301 e. The molecule has 0 radical (unpaired) electrons. The summed E-state index contributed by atoms with van der Waals surface area (Å²) in [5, 5.41) is 11.9. The van der Waals surface area contributed by atoms with E-state index in [1.54, 1.807) is 7.05 Å². The van der Waals surface area contributed by atoms with Gasteiger partial charge < -0.3 is 4.90 Å². The summed E-state index contributed by atoms with van der Waals surface area (Å²) in [6.07, 6.45) is -1.74. The SMILES string of the molecule is CC(C)NC(C#N)CCN(C)CC(F)F. The van der Waals surface area contributed by atoms with Gasteiger partial charge in [0.1, 0.15) is 0 Å². The van der Waals surface area contributed by atoms with Crippen LogP contribution in [0.15, 0.2) is 0 Å². The highest BCUT2D eigenvalue weighted by molar-refractivity contribution is 4.90. The van der Waals surface area contributed by atoms with E-state index in [4.69, 9.17) is 5.26 Å². The Balaban J connectivity index is 3.76. The van der Waals surface area contributed by atoms with Gasteiger partial charge in [-0.15, -0.1) is 0 Å². The average molecular weight is 219 g/mol. The molecule has 0 heterocycles. The third kappa shape index (κ3) is 8.28. The van der Waals surface area contributed by atoms with Gasteiger partial charge in [0, 0.05) is 12.6 Å². The Kier molecular flexibility index (Phi) is 7.18. The van der Waals surface area contributed by atoms with Crippen molar-refractivity contribution in [2.45, 2.75) is 38.8 Å². The molecule has 0 aromatic rings. The number of alkyl halides is 2. The molecule has 1 atom stereocenters. The van der Waals surface area contributed by atoms with Crippen molar-refractivity contribution < 1.29 is 8.78 Å². The molecule has 0 saturated heterocycles. The minimum atomic E-state index is -2.31. The summed E-state index contributed by atoms with van der Waals surface area (Å²) in [5.74, 6) is 0. The molecule has 0 aliphatic rings. The molecule has 88 valence electrons. The summed E-state index contributed by atoms with van der Waals surface area (Å²) >= 11 is 0. The fraction of sp³-hybridized carbons (Fsp3) is 0.900. The van der Waals surface area contributed by atoms with E-state index in [1.165, 1.54) is 4.90 Å². The van der Waals surface area contributed by atoms with Gasteiger partial charge in [-0.05, 0) is 27.3 Å². The van der Waals surface area contributed by atoms with Crippen LogP contribution < -0.4 is 5.32 Å². The molecular formula is C10H19F2N3. The monoisotopic (exact) mass is 219 g/mol. The molecule has 5 heteroatoms. The van der Waals surface area contributed by atoms with Crippen molar-refractivity contribution in [2.75, 3.05) is 20.1 Å². The van der Waals surface area contributed by atoms with Gasteiger partial charge in [0.05, 0.1) is 18.7 Å². The van der Waals surface area contributed by atoms with Crippen LogP contribution in [0.4, 0.5) is 8.78 Å². The van der Waals surface area contributed by atoms with Crippen molar-refractivity contribution in [3.05, 3.63) is 0 Å². The molecule has 1 unspecified atom stereocenters. The molecule has 0 rings (SSSR count). The van der Waals surface area contributed by atoms with Crippen molar-refractivity contribution in [3.63, 3.8) is 0 Å². The van der Waals surface area contributed by atoms with Gasteiger partial charge in [0.15, 0.2) is 0 Å². The Morgan fingerprint density at radius 3 is 2.40 bits per heavy atom. The Bertz CT molecular complexity index is 201. The topological polar surface area (TPSA) is 39.1 Å². The van der Waals surface area contributed by atoms with Gasteiger partial charge in [0.2, 0.25) is 0 Å². The van der Waals surface area contributed by atoms with Crippen LogP contribution >= 0.6 is 0 Å². The van der Waals surface area contributed by atoms with Crippen LogP contribution in [-0.2, 0) is 0 Å². The Morgan fingerprint density at radius 2 is 2.00 bits per heavy atom. The van der Waals surface area contributed by atoms with Crippen LogP contribution in [0.25, 0.3) is 0 Å². The first kappa shape index (κ1) is 14.3. The number of hydrogen-bond donors (Lipinski definition) is 1. The molecule has 0 aliphatic carbocycles. The summed E-state index contributed by atoms with van der Waals surface area (Å²) in [6, 6.07) is 2.09. The van der Waals surface area contributed by atoms with Crippen LogP contribution in [0.2, 0.25) is 0 Å². The van der Waals surface area contributed by atoms with E-state index in [0.29, 0.717) is 13.0 Å². The van der Waals surface area contributed by atoms with Crippen molar-refractivity contribution in [2.24, 2.45) is 0 Å². The van der Waals surface area contributed by atoms with E-state index >= 15 is 0 Å². The average Bonchev–Trinajstić information content (AvgIpc) is 2.10. The van der Waals surface area contributed by atoms with Gasteiger partial charge in [-0.1, -0.05) is 0 Å². The van der Waals surface area contributed by atoms with E-state index in [-0.39, 0.29) is 18.6 Å². The van der Waals surface area contributed by atoms with Gasteiger partial charge >= 0.3 is 0 Å². The maximum Gasteiger partial charge on any atom is 0.251 e. The zero-order valence-electron chi connectivity index (χ0n) is 9.50. The molecule has 3 nitrogen and oxygen atoms in total. The van der Waals surface area contributed by atoms with Crippen LogP contribution in [0.5, 0.6) is 0 Å². The molecule has 0 aliphatic heterocycles. The van der Waals surface area contributed by atoms with Gasteiger partial charge in [-0.2, -0.15) is 5.26 Å². The maximum absolute atomic E-state index is 12.0. The summed E-state index contributed by atoms with van der Waals surface area (Å²) in [6.45, 7) is 4.17. The Morgan fingerprint density at radius 1 is 1.40 bits per heavy atom. The lowest BCUT2D eigenvalue weighted by Gasteiger charge is -2.19. The molecule has 0 spiro atoms. The molecule has 15 heavy (non-hydrogen) atoms. The minimum absolute atomic E-state index is 0.232. The van der Waals surface area contributed by atoms with Crippen molar-refractivity contribution in [1.29, 1.82) is 5.26 Å². The number of nitrogens with zero attached hydrogens (tertiary/aromatic N) is 2. The second-order valence-corrected chi connectivity index (χ2v) is 3.95. The predicted octanol–water partition coefficient (Wildman–Crippen LogP) is 1.46. The van der Waals surface area contributed by atoms with E-state index in [9.17, 15) is 8.78 Å². The maximum atomic E-state index is 12.0. The van der Waals surface area contributed by atoms with E-state index < -0.39 is 6.43 Å². The fourth-order valence-electron chi connectivity index (χ4n) is 1.26. The smallest absolute Gasteiger partial charge is 0.251 e. The molecule has 0 aromatic carbocycles. The lowest BCUT2D eigenvalue weighted by atomic mass is 10.2. The molecule has 1 N–H and O–H groups in total. The molecule has 0 aromatic heterocycles. The number of nitriles is 1. The molecule has 0 saturated carbocycles. The molecular weight excluding hydrogens is 200 g/mol. The van der Waals surface area contributed by atoms with E-state index in [0.717, 1.165) is 0 Å². The highest BCUT2D eigenvalue weighted by Crippen LogP contribution is 1.99. The normalized spacial score (nSPS) is 13.5. The van der Waals surface area contributed by atoms with Crippen molar-refractivity contribution in [3.8, 4) is 6.07 Å². The first-order valence-electron chi connectivity index (χ1n) is 5.08. The molecule has 0 bridgehead atoms. The van der Waals surface area contributed by atoms with E-state index in [1.807, 2.05) is 13.8 Å².